The van der Waals surface area contributed by atoms with Crippen molar-refractivity contribution in [2.24, 2.45) is 5.84 Å². The Hall–Kier alpha value is -0.970. The molecule has 0 bridgehead atoms. The van der Waals surface area contributed by atoms with Crippen LogP contribution in [0.3, 0.4) is 0 Å². The predicted molar refractivity (Wildman–Crippen MR) is 66.9 cm³/mol. The van der Waals surface area contributed by atoms with Crippen LogP contribution in [0.1, 0.15) is 37.9 Å². The van der Waals surface area contributed by atoms with Crippen LogP contribution in [0.25, 0.3) is 0 Å². The summed E-state index contributed by atoms with van der Waals surface area (Å²) in [4.78, 5) is 0. The van der Waals surface area contributed by atoms with Crippen molar-refractivity contribution >= 4 is 0 Å². The molecule has 3 nitrogen and oxygen atoms in total. The predicted octanol–water partition coefficient (Wildman–Crippen LogP) is 2.45. The summed E-state index contributed by atoms with van der Waals surface area (Å²) in [5, 5.41) is 0. The third kappa shape index (κ3) is 4.42. The number of ether oxygens (including phenoxy) is 1. The fourth-order valence-corrected chi connectivity index (χ4v) is 1.49. The zero-order valence-electron chi connectivity index (χ0n) is 10.9. The van der Waals surface area contributed by atoms with Gasteiger partial charge in [0.15, 0.2) is 0 Å². The molecule has 0 radical (unpaired) electrons. The number of halogens is 1. The molecular formula is C13H21FN2O. The lowest BCUT2D eigenvalue weighted by atomic mass is 10.0. The first-order chi connectivity index (χ1) is 7.83. The SMILES string of the molecule is Cc1ccc(F)c(C(COC(C)(C)C)NN)c1. The summed E-state index contributed by atoms with van der Waals surface area (Å²) in [5.41, 5.74) is 3.86. The summed E-state index contributed by atoms with van der Waals surface area (Å²) in [6.45, 7) is 8.11. The Kier molecular flexibility index (Phi) is 4.62. The van der Waals surface area contributed by atoms with Gasteiger partial charge in [-0.1, -0.05) is 17.7 Å². The molecule has 0 aliphatic carbocycles. The van der Waals surface area contributed by atoms with Crippen molar-refractivity contribution in [1.29, 1.82) is 0 Å². The number of hydrogen-bond acceptors (Lipinski definition) is 3. The zero-order valence-corrected chi connectivity index (χ0v) is 10.9. The Bertz CT molecular complexity index is 374. The molecule has 1 aromatic rings. The summed E-state index contributed by atoms with van der Waals surface area (Å²) in [7, 11) is 0. The first kappa shape index (κ1) is 14.1. The molecular weight excluding hydrogens is 219 g/mol. The fourth-order valence-electron chi connectivity index (χ4n) is 1.49. The number of nitrogens with two attached hydrogens (primary N) is 1. The summed E-state index contributed by atoms with van der Waals surface area (Å²) >= 11 is 0. The van der Waals surface area contributed by atoms with Gasteiger partial charge in [0.2, 0.25) is 0 Å². The van der Waals surface area contributed by atoms with E-state index in [0.717, 1.165) is 5.56 Å². The topological polar surface area (TPSA) is 47.3 Å². The van der Waals surface area contributed by atoms with Gasteiger partial charge < -0.3 is 4.74 Å². The quantitative estimate of drug-likeness (QED) is 0.628. The van der Waals surface area contributed by atoms with Crippen LogP contribution in [0.15, 0.2) is 18.2 Å². The highest BCUT2D eigenvalue weighted by molar-refractivity contribution is 5.26. The molecule has 0 saturated heterocycles. The average Bonchev–Trinajstić information content (AvgIpc) is 2.22. The fraction of sp³-hybridized carbons (Fsp3) is 0.538. The van der Waals surface area contributed by atoms with E-state index in [1.165, 1.54) is 6.07 Å². The Morgan fingerprint density at radius 3 is 2.59 bits per heavy atom. The minimum absolute atomic E-state index is 0.268. The molecule has 1 aromatic carbocycles. The Labute approximate surface area is 102 Å². The van der Waals surface area contributed by atoms with Crippen LogP contribution >= 0.6 is 0 Å². The van der Waals surface area contributed by atoms with Crippen molar-refractivity contribution in [1.82, 2.24) is 5.43 Å². The van der Waals surface area contributed by atoms with Gasteiger partial charge in [0, 0.05) is 5.56 Å². The molecule has 4 heteroatoms. The molecule has 1 unspecified atom stereocenters. The van der Waals surface area contributed by atoms with Gasteiger partial charge in [0.25, 0.3) is 0 Å². The third-order valence-corrected chi connectivity index (χ3v) is 2.41. The molecule has 96 valence electrons. The molecule has 0 spiro atoms. The van der Waals surface area contributed by atoms with Gasteiger partial charge in [0.05, 0.1) is 18.2 Å². The smallest absolute Gasteiger partial charge is 0.128 e. The first-order valence-electron chi connectivity index (χ1n) is 5.69. The van der Waals surface area contributed by atoms with E-state index in [1.54, 1.807) is 12.1 Å². The van der Waals surface area contributed by atoms with Crippen LogP contribution < -0.4 is 11.3 Å². The molecule has 3 N–H and O–H groups in total. The van der Waals surface area contributed by atoms with Gasteiger partial charge in [0.1, 0.15) is 5.82 Å². The first-order valence-corrected chi connectivity index (χ1v) is 5.69. The largest absolute Gasteiger partial charge is 0.374 e. The van der Waals surface area contributed by atoms with Gasteiger partial charge in [-0.15, -0.1) is 0 Å². The van der Waals surface area contributed by atoms with E-state index in [9.17, 15) is 4.39 Å². The summed E-state index contributed by atoms with van der Waals surface area (Å²) in [6.07, 6.45) is 0. The number of rotatable bonds is 4. The third-order valence-electron chi connectivity index (χ3n) is 2.41. The summed E-state index contributed by atoms with van der Waals surface area (Å²) < 4.78 is 19.3. The molecule has 0 saturated carbocycles. The monoisotopic (exact) mass is 240 g/mol. The Morgan fingerprint density at radius 2 is 2.06 bits per heavy atom. The molecule has 1 rings (SSSR count). The normalized spacial score (nSPS) is 13.8. The van der Waals surface area contributed by atoms with Crippen LogP contribution in [0.4, 0.5) is 4.39 Å². The maximum absolute atomic E-state index is 13.7. The van der Waals surface area contributed by atoms with Crippen molar-refractivity contribution in [2.75, 3.05) is 6.61 Å². The highest BCUT2D eigenvalue weighted by Crippen LogP contribution is 2.20. The van der Waals surface area contributed by atoms with Crippen molar-refractivity contribution in [3.8, 4) is 0 Å². The van der Waals surface area contributed by atoms with E-state index in [0.29, 0.717) is 12.2 Å². The van der Waals surface area contributed by atoms with Gasteiger partial charge in [-0.05, 0) is 33.8 Å². The van der Waals surface area contributed by atoms with Gasteiger partial charge in [-0.2, -0.15) is 0 Å². The summed E-state index contributed by atoms with van der Waals surface area (Å²) in [5.74, 6) is 5.19. The van der Waals surface area contributed by atoms with E-state index in [1.807, 2.05) is 27.7 Å². The van der Waals surface area contributed by atoms with E-state index >= 15 is 0 Å². The molecule has 0 amide bonds. The van der Waals surface area contributed by atoms with Crippen LogP contribution in [-0.4, -0.2) is 12.2 Å². The van der Waals surface area contributed by atoms with Crippen LogP contribution in [-0.2, 0) is 4.74 Å². The number of hydrogen-bond donors (Lipinski definition) is 2. The van der Waals surface area contributed by atoms with Gasteiger partial charge in [-0.25, -0.2) is 4.39 Å². The van der Waals surface area contributed by atoms with Gasteiger partial charge >= 0.3 is 0 Å². The number of hydrazine groups is 1. The highest BCUT2D eigenvalue weighted by Gasteiger charge is 2.18. The zero-order chi connectivity index (χ0) is 13.1. The molecule has 17 heavy (non-hydrogen) atoms. The molecule has 0 heterocycles. The second-order valence-electron chi connectivity index (χ2n) is 5.17. The second-order valence-corrected chi connectivity index (χ2v) is 5.17. The molecule has 0 fully saturated rings. The standard InChI is InChI=1S/C13H21FN2O/c1-9-5-6-11(14)10(7-9)12(16-15)8-17-13(2,3)4/h5-7,12,16H,8,15H2,1-4H3. The molecule has 1 atom stereocenters. The van der Waals surface area contributed by atoms with E-state index < -0.39 is 0 Å². The minimum Gasteiger partial charge on any atom is -0.374 e. The molecule has 0 aliphatic heterocycles. The number of nitrogens with one attached hydrogen (secondary N) is 1. The van der Waals surface area contributed by atoms with E-state index in [-0.39, 0.29) is 17.5 Å². The Morgan fingerprint density at radius 1 is 1.41 bits per heavy atom. The molecule has 0 aromatic heterocycles. The van der Waals surface area contributed by atoms with E-state index in [2.05, 4.69) is 5.43 Å². The molecule has 0 aliphatic rings. The average molecular weight is 240 g/mol. The number of benzene rings is 1. The maximum Gasteiger partial charge on any atom is 0.128 e. The summed E-state index contributed by atoms with van der Waals surface area (Å²) in [6, 6.07) is 4.63. The van der Waals surface area contributed by atoms with Crippen molar-refractivity contribution in [2.45, 2.75) is 39.3 Å². The lowest BCUT2D eigenvalue weighted by molar-refractivity contribution is -0.0152. The van der Waals surface area contributed by atoms with Crippen molar-refractivity contribution in [3.63, 3.8) is 0 Å². The lowest BCUT2D eigenvalue weighted by Gasteiger charge is -2.24. The van der Waals surface area contributed by atoms with Crippen molar-refractivity contribution in [3.05, 3.63) is 35.1 Å². The minimum atomic E-state index is -0.339. The van der Waals surface area contributed by atoms with E-state index in [4.69, 9.17) is 10.6 Å². The van der Waals surface area contributed by atoms with Crippen LogP contribution in [0.5, 0.6) is 0 Å². The van der Waals surface area contributed by atoms with Gasteiger partial charge in [-0.3, -0.25) is 11.3 Å². The Balaban J connectivity index is 2.82. The van der Waals surface area contributed by atoms with Crippen LogP contribution in [0, 0.1) is 12.7 Å². The highest BCUT2D eigenvalue weighted by atomic mass is 19.1. The number of aryl methyl sites for hydroxylation is 1. The second kappa shape index (κ2) is 5.58. The lowest BCUT2D eigenvalue weighted by Crippen LogP contribution is -2.34. The maximum atomic E-state index is 13.7. The van der Waals surface area contributed by atoms with Crippen LogP contribution in [0.2, 0.25) is 0 Å². The van der Waals surface area contributed by atoms with Crippen molar-refractivity contribution < 1.29 is 9.13 Å².